The van der Waals surface area contributed by atoms with Crippen LogP contribution in [0, 0.1) is 0 Å². The maximum absolute atomic E-state index is 12.7. The summed E-state index contributed by atoms with van der Waals surface area (Å²) in [6.45, 7) is 3.98. The van der Waals surface area contributed by atoms with Gasteiger partial charge < -0.3 is 4.90 Å². The van der Waals surface area contributed by atoms with Crippen LogP contribution in [-0.4, -0.2) is 41.4 Å². The molecule has 1 amide bonds. The molecular formula is C19H21BrN2OS. The van der Waals surface area contributed by atoms with E-state index in [4.69, 9.17) is 0 Å². The van der Waals surface area contributed by atoms with Crippen LogP contribution in [0.5, 0.6) is 0 Å². The number of hydrogen-bond donors (Lipinski definition) is 0. The van der Waals surface area contributed by atoms with Crippen molar-refractivity contribution in [1.29, 1.82) is 0 Å². The van der Waals surface area contributed by atoms with E-state index in [1.165, 1.54) is 12.0 Å². The number of fused-ring (bicyclic) bond motifs is 1. The predicted molar refractivity (Wildman–Crippen MR) is 102 cm³/mol. The summed E-state index contributed by atoms with van der Waals surface area (Å²) in [4.78, 5) is 18.9. The number of rotatable bonds is 2. The van der Waals surface area contributed by atoms with Gasteiger partial charge in [0.2, 0.25) is 0 Å². The standard InChI is InChI=1S/C19H21BrN2OS/c20-16-3-1-2-14(12-16)19(23)21-8-4-17(5-9-21)22-10-6-18-15(13-22)7-11-24-18/h1-3,7,11-12,17H,4-6,8-10,13H2. The maximum Gasteiger partial charge on any atom is 0.253 e. The van der Waals surface area contributed by atoms with Gasteiger partial charge in [0.15, 0.2) is 0 Å². The highest BCUT2D eigenvalue weighted by Crippen LogP contribution is 2.28. The molecule has 0 aliphatic carbocycles. The van der Waals surface area contributed by atoms with Crippen LogP contribution in [0.15, 0.2) is 40.2 Å². The van der Waals surface area contributed by atoms with Crippen molar-refractivity contribution in [3.8, 4) is 0 Å². The fourth-order valence-electron chi connectivity index (χ4n) is 3.82. The zero-order valence-electron chi connectivity index (χ0n) is 13.6. The second-order valence-corrected chi connectivity index (χ2v) is 8.54. The zero-order valence-corrected chi connectivity index (χ0v) is 16.0. The van der Waals surface area contributed by atoms with Crippen LogP contribution >= 0.6 is 27.3 Å². The molecular weight excluding hydrogens is 384 g/mol. The first kappa shape index (κ1) is 16.3. The van der Waals surface area contributed by atoms with E-state index in [2.05, 4.69) is 32.3 Å². The number of benzene rings is 1. The molecule has 1 saturated heterocycles. The van der Waals surface area contributed by atoms with E-state index in [0.29, 0.717) is 6.04 Å². The van der Waals surface area contributed by atoms with Gasteiger partial charge in [0.1, 0.15) is 0 Å². The molecule has 3 nitrogen and oxygen atoms in total. The summed E-state index contributed by atoms with van der Waals surface area (Å²) >= 11 is 5.34. The Morgan fingerprint density at radius 2 is 2.00 bits per heavy atom. The van der Waals surface area contributed by atoms with Crippen LogP contribution in [0.2, 0.25) is 0 Å². The summed E-state index contributed by atoms with van der Waals surface area (Å²) in [6.07, 6.45) is 3.35. The van der Waals surface area contributed by atoms with E-state index in [1.54, 1.807) is 4.88 Å². The van der Waals surface area contributed by atoms with Gasteiger partial charge in [-0.2, -0.15) is 0 Å². The Labute approximate surface area is 155 Å². The molecule has 4 rings (SSSR count). The van der Waals surface area contributed by atoms with Gasteiger partial charge in [-0.1, -0.05) is 22.0 Å². The molecule has 126 valence electrons. The van der Waals surface area contributed by atoms with Gasteiger partial charge in [0.05, 0.1) is 0 Å². The largest absolute Gasteiger partial charge is 0.339 e. The van der Waals surface area contributed by atoms with E-state index in [1.807, 2.05) is 40.5 Å². The molecule has 0 saturated carbocycles. The third kappa shape index (κ3) is 3.30. The van der Waals surface area contributed by atoms with Gasteiger partial charge in [-0.15, -0.1) is 11.3 Å². The van der Waals surface area contributed by atoms with E-state index in [0.717, 1.165) is 49.1 Å². The van der Waals surface area contributed by atoms with Gasteiger partial charge in [-0.3, -0.25) is 9.69 Å². The molecule has 0 bridgehead atoms. The van der Waals surface area contributed by atoms with Crippen LogP contribution in [0.4, 0.5) is 0 Å². The number of carbonyl (C=O) groups is 1. The number of amides is 1. The third-order valence-corrected chi connectivity index (χ3v) is 6.69. The number of halogens is 1. The summed E-state index contributed by atoms with van der Waals surface area (Å²) in [5.41, 5.74) is 2.29. The van der Waals surface area contributed by atoms with Crippen molar-refractivity contribution in [2.24, 2.45) is 0 Å². The fourth-order valence-corrected chi connectivity index (χ4v) is 5.11. The van der Waals surface area contributed by atoms with Crippen LogP contribution in [0.25, 0.3) is 0 Å². The van der Waals surface area contributed by atoms with E-state index in [-0.39, 0.29) is 5.91 Å². The second-order valence-electron chi connectivity index (χ2n) is 6.62. The molecule has 24 heavy (non-hydrogen) atoms. The quantitative estimate of drug-likeness (QED) is 0.749. The summed E-state index contributed by atoms with van der Waals surface area (Å²) < 4.78 is 0.961. The molecule has 0 unspecified atom stereocenters. The number of carbonyl (C=O) groups excluding carboxylic acids is 1. The summed E-state index contributed by atoms with van der Waals surface area (Å²) in [5, 5.41) is 2.22. The summed E-state index contributed by atoms with van der Waals surface area (Å²) in [7, 11) is 0. The minimum absolute atomic E-state index is 0.161. The van der Waals surface area contributed by atoms with Crippen molar-refractivity contribution in [2.45, 2.75) is 31.8 Å². The highest BCUT2D eigenvalue weighted by molar-refractivity contribution is 9.10. The molecule has 0 N–H and O–H groups in total. The molecule has 2 aliphatic rings. The number of nitrogens with zero attached hydrogens (tertiary/aromatic N) is 2. The Kier molecular flexibility index (Phi) is 4.74. The summed E-state index contributed by atoms with van der Waals surface area (Å²) in [5.74, 6) is 0.161. The first-order valence-electron chi connectivity index (χ1n) is 8.55. The molecule has 5 heteroatoms. The lowest BCUT2D eigenvalue weighted by atomic mass is 9.99. The molecule has 2 aromatic rings. The van der Waals surface area contributed by atoms with Gasteiger partial charge in [0.25, 0.3) is 5.91 Å². The fraction of sp³-hybridized carbons (Fsp3) is 0.421. The lowest BCUT2D eigenvalue weighted by Gasteiger charge is -2.40. The Bertz CT molecular complexity index is 736. The molecule has 3 heterocycles. The first-order valence-corrected chi connectivity index (χ1v) is 10.2. The lowest BCUT2D eigenvalue weighted by Crippen LogP contribution is -2.47. The number of thiophene rings is 1. The monoisotopic (exact) mass is 404 g/mol. The van der Waals surface area contributed by atoms with E-state index in [9.17, 15) is 4.79 Å². The number of hydrogen-bond acceptors (Lipinski definition) is 3. The van der Waals surface area contributed by atoms with Gasteiger partial charge in [-0.25, -0.2) is 0 Å². The SMILES string of the molecule is O=C(c1cccc(Br)c1)N1CCC(N2CCc3sccc3C2)CC1. The number of piperidine rings is 1. The van der Waals surface area contributed by atoms with Crippen molar-refractivity contribution in [3.05, 3.63) is 56.2 Å². The highest BCUT2D eigenvalue weighted by atomic mass is 79.9. The van der Waals surface area contributed by atoms with Crippen molar-refractivity contribution < 1.29 is 4.79 Å². The minimum atomic E-state index is 0.161. The van der Waals surface area contributed by atoms with Crippen molar-refractivity contribution in [2.75, 3.05) is 19.6 Å². The molecule has 0 atom stereocenters. The van der Waals surface area contributed by atoms with Crippen LogP contribution < -0.4 is 0 Å². The van der Waals surface area contributed by atoms with Gasteiger partial charge in [-0.05, 0) is 54.5 Å². The topological polar surface area (TPSA) is 23.6 Å². The molecule has 2 aliphatic heterocycles. The normalized spacial score (nSPS) is 19.3. The highest BCUT2D eigenvalue weighted by Gasteiger charge is 2.29. The van der Waals surface area contributed by atoms with Crippen molar-refractivity contribution in [3.63, 3.8) is 0 Å². The van der Waals surface area contributed by atoms with Crippen LogP contribution in [0.1, 0.15) is 33.6 Å². The summed E-state index contributed by atoms with van der Waals surface area (Å²) in [6, 6.07) is 10.6. The van der Waals surface area contributed by atoms with E-state index < -0.39 is 0 Å². The van der Waals surface area contributed by atoms with Crippen molar-refractivity contribution in [1.82, 2.24) is 9.80 Å². The predicted octanol–water partition coefficient (Wildman–Crippen LogP) is 4.17. The van der Waals surface area contributed by atoms with Crippen molar-refractivity contribution >= 4 is 33.2 Å². The number of likely N-dealkylation sites (tertiary alicyclic amines) is 1. The Morgan fingerprint density at radius 1 is 1.17 bits per heavy atom. The minimum Gasteiger partial charge on any atom is -0.339 e. The lowest BCUT2D eigenvalue weighted by molar-refractivity contribution is 0.0600. The van der Waals surface area contributed by atoms with Crippen LogP contribution in [-0.2, 0) is 13.0 Å². The molecule has 0 spiro atoms. The average Bonchev–Trinajstić information content (AvgIpc) is 3.09. The van der Waals surface area contributed by atoms with Gasteiger partial charge in [0, 0.05) is 47.1 Å². The Hall–Kier alpha value is -1.17. The van der Waals surface area contributed by atoms with E-state index >= 15 is 0 Å². The third-order valence-electron chi connectivity index (χ3n) is 5.18. The molecule has 1 aromatic heterocycles. The Morgan fingerprint density at radius 3 is 2.79 bits per heavy atom. The maximum atomic E-state index is 12.7. The Balaban J connectivity index is 1.36. The average molecular weight is 405 g/mol. The van der Waals surface area contributed by atoms with Crippen LogP contribution in [0.3, 0.4) is 0 Å². The first-order chi connectivity index (χ1) is 11.7. The molecule has 0 radical (unpaired) electrons. The zero-order chi connectivity index (χ0) is 16.5. The van der Waals surface area contributed by atoms with Gasteiger partial charge >= 0.3 is 0 Å². The molecule has 1 aromatic carbocycles. The molecule has 1 fully saturated rings. The smallest absolute Gasteiger partial charge is 0.253 e. The second kappa shape index (κ2) is 6.98.